The average molecular weight is 334 g/mol. The predicted octanol–water partition coefficient (Wildman–Crippen LogP) is 3.48. The second-order valence-electron chi connectivity index (χ2n) is 4.85. The van der Waals surface area contributed by atoms with Gasteiger partial charge in [0, 0.05) is 11.4 Å². The molecule has 5 heteroatoms. The molecule has 1 fully saturated rings. The summed E-state index contributed by atoms with van der Waals surface area (Å²) >= 11 is 5.17. The van der Waals surface area contributed by atoms with Gasteiger partial charge in [0.05, 0.1) is 22.1 Å². The summed E-state index contributed by atoms with van der Waals surface area (Å²) in [6.45, 7) is 4.73. The molecule has 3 atom stereocenters. The number of rotatable bonds is 4. The van der Waals surface area contributed by atoms with Gasteiger partial charge < -0.3 is 15.2 Å². The van der Waals surface area contributed by atoms with E-state index in [0.717, 1.165) is 16.6 Å². The molecule has 0 aliphatic carbocycles. The summed E-state index contributed by atoms with van der Waals surface area (Å²) in [5, 5.41) is 0. The smallest absolute Gasteiger partial charge is 0.104 e. The number of ether oxygens (including phenoxy) is 2. The Morgan fingerprint density at radius 3 is 2.61 bits per heavy atom. The van der Waals surface area contributed by atoms with E-state index in [-0.39, 0.29) is 24.4 Å². The third kappa shape index (κ3) is 3.78. The second kappa shape index (κ2) is 6.48. The van der Waals surface area contributed by atoms with Crippen molar-refractivity contribution in [2.45, 2.75) is 51.1 Å². The minimum atomic E-state index is 0.00352. The minimum Gasteiger partial charge on any atom is -0.375 e. The van der Waals surface area contributed by atoms with Crippen LogP contribution in [0.15, 0.2) is 15.9 Å². The molecule has 1 aliphatic rings. The summed E-state index contributed by atoms with van der Waals surface area (Å²) in [7, 11) is 0. The fraction of sp³-hybridized carbons (Fsp3) is 0.692. The topological polar surface area (TPSA) is 44.5 Å². The van der Waals surface area contributed by atoms with Gasteiger partial charge in [-0.1, -0.05) is 0 Å². The number of halogens is 1. The zero-order chi connectivity index (χ0) is 13.1. The van der Waals surface area contributed by atoms with Gasteiger partial charge in [0.2, 0.25) is 0 Å². The van der Waals surface area contributed by atoms with Crippen LogP contribution in [0.2, 0.25) is 0 Å². The molecular weight excluding hydrogens is 314 g/mol. The molecule has 1 aromatic rings. The summed E-state index contributed by atoms with van der Waals surface area (Å²) in [5.41, 5.74) is 5.84. The third-order valence-electron chi connectivity index (χ3n) is 3.14. The van der Waals surface area contributed by atoms with Crippen molar-refractivity contribution in [3.63, 3.8) is 0 Å². The molecule has 1 aromatic heterocycles. The molecule has 0 amide bonds. The maximum Gasteiger partial charge on any atom is 0.104 e. The number of hydrogen-bond donors (Lipinski definition) is 1. The first-order valence-corrected chi connectivity index (χ1v) is 7.95. The summed E-state index contributed by atoms with van der Waals surface area (Å²) < 4.78 is 13.0. The molecule has 1 aliphatic heterocycles. The molecule has 0 radical (unpaired) electrons. The lowest BCUT2D eigenvalue weighted by Crippen LogP contribution is -2.35. The minimum absolute atomic E-state index is 0.00352. The van der Waals surface area contributed by atoms with Crippen LogP contribution in [0.3, 0.4) is 0 Å². The van der Waals surface area contributed by atoms with E-state index in [4.69, 9.17) is 15.2 Å². The average Bonchev–Trinajstić information content (AvgIpc) is 2.71. The Morgan fingerprint density at radius 2 is 2.11 bits per heavy atom. The molecule has 0 saturated carbocycles. The Labute approximate surface area is 121 Å². The highest BCUT2D eigenvalue weighted by molar-refractivity contribution is 9.11. The van der Waals surface area contributed by atoms with E-state index >= 15 is 0 Å². The fourth-order valence-electron chi connectivity index (χ4n) is 2.43. The van der Waals surface area contributed by atoms with Gasteiger partial charge >= 0.3 is 0 Å². The van der Waals surface area contributed by atoms with Gasteiger partial charge in [0.1, 0.15) is 6.10 Å². The van der Waals surface area contributed by atoms with Crippen LogP contribution < -0.4 is 5.73 Å². The number of nitrogens with two attached hydrogens (primary N) is 1. The quantitative estimate of drug-likeness (QED) is 0.917. The van der Waals surface area contributed by atoms with Crippen molar-refractivity contribution in [3.8, 4) is 0 Å². The summed E-state index contributed by atoms with van der Waals surface area (Å²) in [4.78, 5) is 1.19. The highest BCUT2D eigenvalue weighted by Crippen LogP contribution is 2.32. The van der Waals surface area contributed by atoms with Crippen LogP contribution in [0.25, 0.3) is 0 Å². The van der Waals surface area contributed by atoms with Crippen LogP contribution in [-0.4, -0.2) is 24.9 Å². The second-order valence-corrected chi connectivity index (χ2v) is 7.35. The van der Waals surface area contributed by atoms with E-state index in [9.17, 15) is 0 Å². The Hall–Kier alpha value is 0.0600. The Balaban J connectivity index is 1.97. The number of thiophene rings is 1. The van der Waals surface area contributed by atoms with Crippen molar-refractivity contribution in [2.24, 2.45) is 5.73 Å². The molecule has 102 valence electrons. The Kier molecular flexibility index (Phi) is 5.21. The molecule has 1 saturated heterocycles. The van der Waals surface area contributed by atoms with Gasteiger partial charge in [-0.05, 0) is 54.8 Å². The summed E-state index contributed by atoms with van der Waals surface area (Å²) in [5.74, 6) is 0. The highest BCUT2D eigenvalue weighted by Gasteiger charge is 2.27. The van der Waals surface area contributed by atoms with Gasteiger partial charge in [-0.15, -0.1) is 11.3 Å². The molecule has 3 nitrogen and oxygen atoms in total. The van der Waals surface area contributed by atoms with Crippen LogP contribution in [0.5, 0.6) is 0 Å². The molecule has 18 heavy (non-hydrogen) atoms. The lowest BCUT2D eigenvalue weighted by molar-refractivity contribution is -0.120. The number of hydrogen-bond acceptors (Lipinski definition) is 4. The van der Waals surface area contributed by atoms with Gasteiger partial charge in [-0.25, -0.2) is 0 Å². The van der Waals surface area contributed by atoms with Crippen LogP contribution in [0.4, 0.5) is 0 Å². The van der Waals surface area contributed by atoms with E-state index in [0.29, 0.717) is 6.54 Å². The van der Waals surface area contributed by atoms with Crippen molar-refractivity contribution in [3.05, 3.63) is 20.8 Å². The summed E-state index contributed by atoms with van der Waals surface area (Å²) in [6.07, 6.45) is 2.70. The van der Waals surface area contributed by atoms with Gasteiger partial charge in [0.25, 0.3) is 0 Å². The first kappa shape index (κ1) is 14.5. The lowest BCUT2D eigenvalue weighted by Gasteiger charge is -2.33. The van der Waals surface area contributed by atoms with Crippen molar-refractivity contribution < 1.29 is 9.47 Å². The lowest BCUT2D eigenvalue weighted by atomic mass is 10.0. The van der Waals surface area contributed by atoms with Crippen molar-refractivity contribution >= 4 is 27.3 Å². The van der Waals surface area contributed by atoms with Gasteiger partial charge in [0.15, 0.2) is 0 Å². The van der Waals surface area contributed by atoms with E-state index in [1.165, 1.54) is 4.88 Å². The van der Waals surface area contributed by atoms with Crippen LogP contribution in [0.1, 0.15) is 37.7 Å². The van der Waals surface area contributed by atoms with Gasteiger partial charge in [-0.2, -0.15) is 0 Å². The van der Waals surface area contributed by atoms with Crippen LogP contribution in [-0.2, 0) is 9.47 Å². The zero-order valence-electron chi connectivity index (χ0n) is 10.8. The molecule has 2 heterocycles. The van der Waals surface area contributed by atoms with Gasteiger partial charge in [-0.3, -0.25) is 0 Å². The first-order valence-electron chi connectivity index (χ1n) is 6.34. The van der Waals surface area contributed by atoms with Crippen LogP contribution in [0, 0.1) is 0 Å². The largest absolute Gasteiger partial charge is 0.375 e. The van der Waals surface area contributed by atoms with E-state index in [1.807, 2.05) is 6.07 Å². The molecule has 0 bridgehead atoms. The van der Waals surface area contributed by atoms with E-state index < -0.39 is 0 Å². The molecule has 3 unspecified atom stereocenters. The maximum absolute atomic E-state index is 6.17. The molecule has 2 rings (SSSR count). The van der Waals surface area contributed by atoms with Crippen molar-refractivity contribution in [1.29, 1.82) is 0 Å². The van der Waals surface area contributed by atoms with E-state index in [1.54, 1.807) is 11.3 Å². The first-order chi connectivity index (χ1) is 8.58. The fourth-order valence-corrected chi connectivity index (χ4v) is 3.90. The highest BCUT2D eigenvalue weighted by atomic mass is 79.9. The summed E-state index contributed by atoms with van der Waals surface area (Å²) in [6, 6.07) is 4.12. The SMILES string of the molecule is CC1CC(OC(CN)c2ccc(Br)s2)CC(C)O1. The van der Waals surface area contributed by atoms with Crippen LogP contribution >= 0.6 is 27.3 Å². The molecule has 0 spiro atoms. The van der Waals surface area contributed by atoms with Crippen molar-refractivity contribution in [1.82, 2.24) is 0 Å². The van der Waals surface area contributed by atoms with Crippen molar-refractivity contribution in [2.75, 3.05) is 6.54 Å². The maximum atomic E-state index is 6.17. The Bertz CT molecular complexity index is 375. The van der Waals surface area contributed by atoms with E-state index in [2.05, 4.69) is 35.8 Å². The third-order valence-corrected chi connectivity index (χ3v) is 4.85. The molecule has 0 aromatic carbocycles. The Morgan fingerprint density at radius 1 is 1.44 bits per heavy atom. The zero-order valence-corrected chi connectivity index (χ0v) is 13.2. The molecule has 2 N–H and O–H groups in total. The standard InChI is InChI=1S/C13H20BrNO2S/c1-8-5-10(6-9(2)16-8)17-11(7-15)12-3-4-13(14)18-12/h3-4,8-11H,5-7,15H2,1-2H3. The monoisotopic (exact) mass is 333 g/mol. The molecular formula is C13H20BrNO2S. The normalized spacial score (nSPS) is 30.3. The predicted molar refractivity (Wildman–Crippen MR) is 77.9 cm³/mol.